The highest BCUT2D eigenvalue weighted by Gasteiger charge is 2.31. The van der Waals surface area contributed by atoms with Crippen LogP contribution in [0.25, 0.3) is 0 Å². The number of benzene rings is 2. The van der Waals surface area contributed by atoms with Crippen LogP contribution in [0.15, 0.2) is 42.5 Å². The van der Waals surface area contributed by atoms with Crippen molar-refractivity contribution in [2.45, 2.75) is 18.9 Å². The topological polar surface area (TPSA) is 71.0 Å². The number of aliphatic hydroxyl groups excluding tert-OH is 1. The van der Waals surface area contributed by atoms with Gasteiger partial charge in [0.1, 0.15) is 11.9 Å². The van der Waals surface area contributed by atoms with E-state index in [1.807, 2.05) is 0 Å². The van der Waals surface area contributed by atoms with Gasteiger partial charge in [0.25, 0.3) is 0 Å². The quantitative estimate of drug-likeness (QED) is 0.599. The van der Waals surface area contributed by atoms with Crippen molar-refractivity contribution in [3.05, 3.63) is 65.2 Å². The smallest absolute Gasteiger partial charge is 0.406 e. The molecule has 1 aliphatic rings. The number of ether oxygens (including phenoxy) is 2. The average Bonchev–Trinajstić information content (AvgIpc) is 2.77. The Morgan fingerprint density at radius 3 is 2.70 bits per heavy atom. The predicted octanol–water partition coefficient (Wildman–Crippen LogP) is 3.80. The van der Waals surface area contributed by atoms with Crippen LogP contribution in [0.5, 0.6) is 5.75 Å². The van der Waals surface area contributed by atoms with E-state index < -0.39 is 36.0 Å². The molecule has 6 nitrogen and oxygen atoms in total. The molecule has 0 aliphatic carbocycles. The van der Waals surface area contributed by atoms with Crippen molar-refractivity contribution in [1.29, 1.82) is 0 Å². The third-order valence-electron chi connectivity index (χ3n) is 5.13. The molecule has 1 fully saturated rings. The van der Waals surface area contributed by atoms with Crippen LogP contribution in [0.1, 0.15) is 17.2 Å². The van der Waals surface area contributed by atoms with Crippen molar-refractivity contribution in [1.82, 2.24) is 10.2 Å². The Hall–Kier alpha value is -2.92. The fourth-order valence-corrected chi connectivity index (χ4v) is 3.50. The second-order valence-corrected chi connectivity index (χ2v) is 7.61. The number of aliphatic hydroxyl groups is 1. The number of nitrogens with zero attached hydrogens (tertiary/aromatic N) is 1. The van der Waals surface area contributed by atoms with E-state index in [0.29, 0.717) is 11.1 Å². The van der Waals surface area contributed by atoms with Crippen LogP contribution in [0.2, 0.25) is 0 Å². The molecule has 0 spiro atoms. The standard InChI is InChI=1S/C22H23F5N2O4/c23-18-5-4-16(10-19(18)24)20-12-29(6-7-32-20)21(31)28-11-15(13-30)8-14-2-1-3-17(9-14)33-22(25,26)27/h1-5,9-10,15,20,30H,6-8,11-13H2,(H,28,31). The maximum Gasteiger partial charge on any atom is 0.573 e. The van der Waals surface area contributed by atoms with Gasteiger partial charge >= 0.3 is 12.4 Å². The number of alkyl halides is 3. The average molecular weight is 474 g/mol. The molecule has 11 heteroatoms. The summed E-state index contributed by atoms with van der Waals surface area (Å²) in [5.74, 6) is -2.79. The van der Waals surface area contributed by atoms with Crippen molar-refractivity contribution in [3.8, 4) is 5.75 Å². The third kappa shape index (κ3) is 7.29. The first-order valence-corrected chi connectivity index (χ1v) is 10.2. The van der Waals surface area contributed by atoms with E-state index in [9.17, 15) is 31.9 Å². The Kier molecular flexibility index (Phi) is 8.09. The number of halogens is 5. The highest BCUT2D eigenvalue weighted by molar-refractivity contribution is 5.74. The number of rotatable bonds is 7. The van der Waals surface area contributed by atoms with E-state index in [4.69, 9.17) is 4.74 Å². The van der Waals surface area contributed by atoms with Gasteiger partial charge in [0.15, 0.2) is 11.6 Å². The van der Waals surface area contributed by atoms with Crippen LogP contribution < -0.4 is 10.1 Å². The zero-order valence-corrected chi connectivity index (χ0v) is 17.4. The molecule has 0 radical (unpaired) electrons. The van der Waals surface area contributed by atoms with Crippen LogP contribution in [0, 0.1) is 17.6 Å². The van der Waals surface area contributed by atoms with Gasteiger partial charge in [0.05, 0.1) is 13.2 Å². The Morgan fingerprint density at radius 1 is 1.21 bits per heavy atom. The van der Waals surface area contributed by atoms with Gasteiger partial charge < -0.3 is 24.8 Å². The van der Waals surface area contributed by atoms with Gasteiger partial charge in [-0.15, -0.1) is 13.2 Å². The second-order valence-electron chi connectivity index (χ2n) is 7.61. The molecule has 3 rings (SSSR count). The molecule has 1 saturated heterocycles. The lowest BCUT2D eigenvalue weighted by Crippen LogP contribution is -2.48. The van der Waals surface area contributed by atoms with Gasteiger partial charge in [-0.1, -0.05) is 18.2 Å². The number of urea groups is 1. The summed E-state index contributed by atoms with van der Waals surface area (Å²) in [6, 6.07) is 8.40. The fraction of sp³-hybridized carbons (Fsp3) is 0.409. The highest BCUT2D eigenvalue weighted by atomic mass is 19.4. The highest BCUT2D eigenvalue weighted by Crippen LogP contribution is 2.25. The summed E-state index contributed by atoms with van der Waals surface area (Å²) in [6.45, 7) is 0.384. The van der Waals surface area contributed by atoms with E-state index in [-0.39, 0.29) is 45.0 Å². The molecule has 2 amide bonds. The molecule has 0 bridgehead atoms. The number of amides is 2. The summed E-state index contributed by atoms with van der Waals surface area (Å²) in [7, 11) is 0. The SMILES string of the molecule is O=C(NCC(CO)Cc1cccc(OC(F)(F)F)c1)N1CCOC(c2ccc(F)c(F)c2)C1. The van der Waals surface area contributed by atoms with E-state index >= 15 is 0 Å². The number of carbonyl (C=O) groups is 1. The first kappa shape index (κ1) is 24.7. The van der Waals surface area contributed by atoms with Gasteiger partial charge in [-0.3, -0.25) is 0 Å². The fourth-order valence-electron chi connectivity index (χ4n) is 3.50. The minimum absolute atomic E-state index is 0.0763. The normalized spacial score (nSPS) is 17.5. The maximum atomic E-state index is 13.5. The lowest BCUT2D eigenvalue weighted by molar-refractivity contribution is -0.274. The Bertz CT molecular complexity index is 957. The van der Waals surface area contributed by atoms with Crippen LogP contribution in [-0.4, -0.2) is 55.2 Å². The minimum Gasteiger partial charge on any atom is -0.406 e. The van der Waals surface area contributed by atoms with Crippen molar-refractivity contribution in [2.24, 2.45) is 5.92 Å². The van der Waals surface area contributed by atoms with Gasteiger partial charge in [0, 0.05) is 25.6 Å². The summed E-state index contributed by atoms with van der Waals surface area (Å²) >= 11 is 0. The lowest BCUT2D eigenvalue weighted by Gasteiger charge is -2.33. The van der Waals surface area contributed by atoms with Gasteiger partial charge in [-0.25, -0.2) is 13.6 Å². The van der Waals surface area contributed by atoms with Crippen LogP contribution in [0.4, 0.5) is 26.7 Å². The lowest BCUT2D eigenvalue weighted by atomic mass is 10.00. The molecular weight excluding hydrogens is 451 g/mol. The van der Waals surface area contributed by atoms with Gasteiger partial charge in [0.2, 0.25) is 0 Å². The molecule has 1 heterocycles. The Labute approximate surface area is 186 Å². The molecule has 180 valence electrons. The zero-order valence-electron chi connectivity index (χ0n) is 17.4. The van der Waals surface area contributed by atoms with Gasteiger partial charge in [-0.2, -0.15) is 0 Å². The summed E-state index contributed by atoms with van der Waals surface area (Å²) in [5, 5.41) is 12.3. The maximum absolute atomic E-state index is 13.5. The van der Waals surface area contributed by atoms with Crippen molar-refractivity contribution >= 4 is 6.03 Å². The van der Waals surface area contributed by atoms with E-state index in [1.54, 1.807) is 6.07 Å². The first-order valence-electron chi connectivity index (χ1n) is 10.2. The number of morpholine rings is 1. The molecular formula is C22H23F5N2O4. The molecule has 0 saturated carbocycles. The molecule has 2 aromatic rings. The molecule has 2 atom stereocenters. The van der Waals surface area contributed by atoms with E-state index in [1.165, 1.54) is 29.2 Å². The second kappa shape index (κ2) is 10.8. The van der Waals surface area contributed by atoms with E-state index in [2.05, 4.69) is 10.1 Å². The number of hydrogen-bond donors (Lipinski definition) is 2. The van der Waals surface area contributed by atoms with Crippen molar-refractivity contribution in [3.63, 3.8) is 0 Å². The van der Waals surface area contributed by atoms with Crippen LogP contribution >= 0.6 is 0 Å². The molecule has 1 aliphatic heterocycles. The summed E-state index contributed by atoms with van der Waals surface area (Å²) in [6.07, 6.45) is -5.21. The van der Waals surface area contributed by atoms with Crippen molar-refractivity contribution < 1.29 is 41.3 Å². The monoisotopic (exact) mass is 474 g/mol. The molecule has 2 N–H and O–H groups in total. The number of carbonyl (C=O) groups excluding carboxylic acids is 1. The first-order chi connectivity index (χ1) is 15.6. The Morgan fingerprint density at radius 2 is 2.00 bits per heavy atom. The molecule has 2 unspecified atom stereocenters. The molecule has 2 aromatic carbocycles. The predicted molar refractivity (Wildman–Crippen MR) is 107 cm³/mol. The zero-order chi connectivity index (χ0) is 24.0. The van der Waals surface area contributed by atoms with Gasteiger partial charge in [-0.05, 0) is 41.8 Å². The number of hydrogen-bond acceptors (Lipinski definition) is 4. The summed E-state index contributed by atoms with van der Waals surface area (Å²) in [4.78, 5) is 14.0. The molecule has 33 heavy (non-hydrogen) atoms. The Balaban J connectivity index is 1.54. The van der Waals surface area contributed by atoms with Crippen LogP contribution in [0.3, 0.4) is 0 Å². The largest absolute Gasteiger partial charge is 0.573 e. The number of nitrogens with one attached hydrogen (secondary N) is 1. The minimum atomic E-state index is -4.81. The summed E-state index contributed by atoms with van der Waals surface area (Å²) in [5.41, 5.74) is 0.912. The van der Waals surface area contributed by atoms with Crippen molar-refractivity contribution in [2.75, 3.05) is 32.8 Å². The van der Waals surface area contributed by atoms with Crippen LogP contribution in [-0.2, 0) is 11.2 Å². The molecule has 0 aromatic heterocycles. The third-order valence-corrected chi connectivity index (χ3v) is 5.13. The summed E-state index contributed by atoms with van der Waals surface area (Å²) < 4.78 is 73.4. The van der Waals surface area contributed by atoms with E-state index in [0.717, 1.165) is 12.1 Å².